The molecule has 0 aromatic heterocycles. The second kappa shape index (κ2) is 21.3. The van der Waals surface area contributed by atoms with Gasteiger partial charge in [-0.05, 0) is 59.6 Å². The first kappa shape index (κ1) is 38.6. The van der Waals surface area contributed by atoms with Crippen molar-refractivity contribution in [1.29, 1.82) is 0 Å². The van der Waals surface area contributed by atoms with E-state index in [1.807, 2.05) is 13.7 Å². The van der Waals surface area contributed by atoms with Crippen LogP contribution in [0.25, 0.3) is 0 Å². The minimum Gasteiger partial charge on any atom is -0.378 e. The van der Waals surface area contributed by atoms with E-state index in [1.165, 1.54) is 47.3 Å². The molecule has 1 heterocycles. The molecule has 1 aliphatic heterocycles. The highest BCUT2D eigenvalue weighted by atomic mass is 32.2. The predicted molar refractivity (Wildman–Crippen MR) is 171 cm³/mol. The molecule has 36 heavy (non-hydrogen) atoms. The van der Waals surface area contributed by atoms with Crippen LogP contribution in [0, 0.1) is 10.8 Å². The summed E-state index contributed by atoms with van der Waals surface area (Å²) >= 11 is 14.3. The quantitative estimate of drug-likeness (QED) is 0.0826. The lowest BCUT2D eigenvalue weighted by Crippen LogP contribution is -2.39. The third kappa shape index (κ3) is 18.7. The van der Waals surface area contributed by atoms with Crippen LogP contribution < -0.4 is 5.32 Å². The first-order chi connectivity index (χ1) is 16.5. The van der Waals surface area contributed by atoms with Crippen LogP contribution in [0.5, 0.6) is 0 Å². The van der Waals surface area contributed by atoms with Crippen molar-refractivity contribution in [1.82, 2.24) is 20.2 Å². The van der Waals surface area contributed by atoms with Gasteiger partial charge in [-0.25, -0.2) is 0 Å². The first-order valence-corrected chi connectivity index (χ1v) is 16.0. The number of rotatable bonds is 18. The fourth-order valence-electron chi connectivity index (χ4n) is 3.69. The lowest BCUT2D eigenvalue weighted by Gasteiger charge is -2.32. The summed E-state index contributed by atoms with van der Waals surface area (Å²) in [6.07, 6.45) is 3.73. The molecule has 0 amide bonds. The summed E-state index contributed by atoms with van der Waals surface area (Å²) in [6.45, 7) is 21.8. The Labute approximate surface area is 242 Å². The Morgan fingerprint density at radius 2 is 1.67 bits per heavy atom. The topological polar surface area (TPSA) is 59.1 Å². The third-order valence-electron chi connectivity index (χ3n) is 6.18. The van der Waals surface area contributed by atoms with Crippen LogP contribution in [-0.4, -0.2) is 106 Å². The summed E-state index contributed by atoms with van der Waals surface area (Å²) < 4.78 is 0. The van der Waals surface area contributed by atoms with Gasteiger partial charge in [-0.2, -0.15) is 41.2 Å². The van der Waals surface area contributed by atoms with Gasteiger partial charge in [-0.3, -0.25) is 9.80 Å². The Balaban J connectivity index is 0. The normalized spacial score (nSPS) is 17.0. The van der Waals surface area contributed by atoms with Crippen molar-refractivity contribution in [3.63, 3.8) is 0 Å². The molecule has 1 atom stereocenters. The van der Waals surface area contributed by atoms with Gasteiger partial charge in [0.2, 0.25) is 0 Å². The van der Waals surface area contributed by atoms with Crippen LogP contribution in [-0.2, 0) is 4.79 Å². The van der Waals surface area contributed by atoms with Gasteiger partial charge in [0.15, 0.2) is 0 Å². The number of thiol groups is 1. The maximum Gasteiger partial charge on any atom is 0.106 e. The molecular weight excluding hydrogens is 529 g/mol. The average molecular weight is 585 g/mol. The summed E-state index contributed by atoms with van der Waals surface area (Å²) in [5, 5.41) is 14.5. The molecule has 2 N–H and O–H groups in total. The molecule has 0 aliphatic carbocycles. The molecule has 0 aromatic rings. The van der Waals surface area contributed by atoms with Gasteiger partial charge < -0.3 is 15.3 Å². The lowest BCUT2D eigenvalue weighted by molar-refractivity contribution is -0.0980. The number of thiocarbonyl (C=S) groups is 1. The van der Waals surface area contributed by atoms with Crippen LogP contribution >= 0.6 is 48.4 Å². The molecule has 6 nitrogen and oxygen atoms in total. The predicted octanol–water partition coefficient (Wildman–Crippen LogP) is 5.61. The summed E-state index contributed by atoms with van der Waals surface area (Å²) in [6, 6.07) is 0. The molecule has 0 saturated carbocycles. The number of nitrogens with zero attached hydrogens (tertiary/aromatic N) is 3. The number of thioether (sulfide) groups is 2. The fourth-order valence-corrected chi connectivity index (χ4v) is 6.98. The van der Waals surface area contributed by atoms with Crippen molar-refractivity contribution in [3.05, 3.63) is 0 Å². The molecule has 1 saturated heterocycles. The van der Waals surface area contributed by atoms with Gasteiger partial charge >= 0.3 is 0 Å². The summed E-state index contributed by atoms with van der Waals surface area (Å²) in [4.78, 5) is 13.7. The number of nitrogens with one attached hydrogen (secondary N) is 1. The zero-order chi connectivity index (χ0) is 26.9. The molecular formula is C26H56N4O2S4. The lowest BCUT2D eigenvalue weighted by atomic mass is 9.90. The zero-order valence-electron chi connectivity index (χ0n) is 23.1. The molecule has 10 heteroatoms. The number of hydroxylamine groups is 2. The Morgan fingerprint density at radius 3 is 2.17 bits per heavy atom. The summed E-state index contributed by atoms with van der Waals surface area (Å²) in [7, 11) is 0. The minimum absolute atomic E-state index is 0. The molecule has 1 unspecified atom stereocenters. The summed E-state index contributed by atoms with van der Waals surface area (Å²) in [5.41, 5.74) is 0.555. The number of carbonyl (C=O) groups is 1. The Bertz CT molecular complexity index is 570. The second-order valence-corrected chi connectivity index (χ2v) is 14.2. The minimum atomic E-state index is 0. The van der Waals surface area contributed by atoms with Gasteiger partial charge in [-0.1, -0.05) is 61.2 Å². The monoisotopic (exact) mass is 584 g/mol. The summed E-state index contributed by atoms with van der Waals surface area (Å²) in [5.74, 6) is 4.95. The molecule has 1 fully saturated rings. The highest BCUT2D eigenvalue weighted by molar-refractivity contribution is 8.00. The Hall–Kier alpha value is 0.450. The van der Waals surface area contributed by atoms with Gasteiger partial charge in [0.05, 0.1) is 23.6 Å². The second-order valence-electron chi connectivity index (χ2n) is 10.7. The van der Waals surface area contributed by atoms with E-state index >= 15 is 0 Å². The standard InChI is InChI=1S/C24H50N4OS4.CH2O.CH4/c1-7-26-17-22(31)27(20-26)19-24(5,6)11-15-33-13-9-12-32-14-10-23(3,4)18-25-21(30)16-28(29)8-2;1-2;/h22,29,31H,7-20H2,1-6H3,(H,25,30);1H2;1H4. The number of likely N-dealkylation sites (N-methyl/N-ethyl adjacent to an activating group) is 2. The van der Waals surface area contributed by atoms with E-state index < -0.39 is 0 Å². The van der Waals surface area contributed by atoms with Crippen molar-refractivity contribution in [2.45, 2.75) is 73.6 Å². The molecule has 216 valence electrons. The van der Waals surface area contributed by atoms with Gasteiger partial charge in [0.1, 0.15) is 6.79 Å². The molecule has 1 aliphatic rings. The van der Waals surface area contributed by atoms with Gasteiger partial charge in [0.25, 0.3) is 0 Å². The molecule has 0 spiro atoms. The highest BCUT2D eigenvalue weighted by Crippen LogP contribution is 2.28. The van der Waals surface area contributed by atoms with E-state index in [2.05, 4.69) is 73.3 Å². The van der Waals surface area contributed by atoms with Crippen LogP contribution in [0.1, 0.15) is 68.2 Å². The Kier molecular flexibility index (Phi) is 22.8. The fraction of sp³-hybridized carbons (Fsp3) is 0.923. The maximum atomic E-state index is 9.55. The van der Waals surface area contributed by atoms with Gasteiger partial charge in [-0.15, -0.1) is 0 Å². The van der Waals surface area contributed by atoms with Crippen molar-refractivity contribution < 1.29 is 10.0 Å². The van der Waals surface area contributed by atoms with Crippen molar-refractivity contribution in [2.24, 2.45) is 10.8 Å². The first-order valence-electron chi connectivity index (χ1n) is 12.8. The van der Waals surface area contributed by atoms with E-state index in [0.717, 1.165) is 32.8 Å². The smallest absolute Gasteiger partial charge is 0.106 e. The van der Waals surface area contributed by atoms with E-state index in [0.29, 0.717) is 28.9 Å². The third-order valence-corrected chi connectivity index (χ3v) is 9.09. The van der Waals surface area contributed by atoms with E-state index in [1.54, 1.807) is 0 Å². The van der Waals surface area contributed by atoms with E-state index in [4.69, 9.17) is 29.6 Å². The van der Waals surface area contributed by atoms with Crippen LogP contribution in [0.15, 0.2) is 0 Å². The van der Waals surface area contributed by atoms with E-state index in [9.17, 15) is 5.21 Å². The SMILES string of the molecule is C.C=O.CCN(O)CC(=S)NCC(C)(C)CCSCCCSCCC(C)(C)CN1CN(CC)CC1S. The van der Waals surface area contributed by atoms with Crippen molar-refractivity contribution in [3.8, 4) is 0 Å². The Morgan fingerprint density at radius 1 is 1.11 bits per heavy atom. The molecule has 0 aromatic carbocycles. The van der Waals surface area contributed by atoms with Crippen molar-refractivity contribution in [2.75, 3.05) is 68.9 Å². The van der Waals surface area contributed by atoms with Crippen LogP contribution in [0.3, 0.4) is 0 Å². The number of carbonyl (C=O) groups excluding carboxylic acids is 1. The molecule has 0 bridgehead atoms. The zero-order valence-corrected chi connectivity index (χ0v) is 26.4. The average Bonchev–Trinajstić information content (AvgIpc) is 3.16. The number of hydrogen-bond donors (Lipinski definition) is 3. The largest absolute Gasteiger partial charge is 0.378 e. The molecule has 0 radical (unpaired) electrons. The van der Waals surface area contributed by atoms with E-state index in [-0.39, 0.29) is 12.8 Å². The van der Waals surface area contributed by atoms with Crippen molar-refractivity contribution >= 4 is 60.1 Å². The maximum absolute atomic E-state index is 9.55. The number of hydrogen-bond acceptors (Lipinski definition) is 9. The molecule has 1 rings (SSSR count). The van der Waals surface area contributed by atoms with Gasteiger partial charge in [0, 0.05) is 26.2 Å². The highest BCUT2D eigenvalue weighted by Gasteiger charge is 2.31. The van der Waals surface area contributed by atoms with Crippen LogP contribution in [0.4, 0.5) is 0 Å². The van der Waals surface area contributed by atoms with Crippen LogP contribution in [0.2, 0.25) is 0 Å².